The number of hydrogen-bond donors (Lipinski definition) is 2. The molecule has 0 bridgehead atoms. The standard InChI is InChI=1S/C29H26O3/c30-19-29-27(31)18-28(32-29)26-16-14-25(15-17-26)24-12-10-23(11-13-24)22-8-6-21(7-9-22)20-4-2-1-3-5-20/h1-17,27-31H,18-19H2/t27?,28?,29-/m1/s1. The minimum Gasteiger partial charge on any atom is -0.394 e. The first-order chi connectivity index (χ1) is 15.7. The summed E-state index contributed by atoms with van der Waals surface area (Å²) in [7, 11) is 0. The molecule has 1 aliphatic heterocycles. The van der Waals surface area contributed by atoms with E-state index in [1.165, 1.54) is 22.3 Å². The predicted octanol–water partition coefficient (Wildman–Crippen LogP) is 5.87. The fraction of sp³-hybridized carbons (Fsp3) is 0.172. The number of aliphatic hydroxyl groups excluding tert-OH is 2. The molecule has 4 aromatic rings. The lowest BCUT2D eigenvalue weighted by Crippen LogP contribution is -2.24. The van der Waals surface area contributed by atoms with E-state index in [0.717, 1.165) is 16.7 Å². The van der Waals surface area contributed by atoms with E-state index < -0.39 is 12.2 Å². The van der Waals surface area contributed by atoms with Crippen LogP contribution in [0.4, 0.5) is 0 Å². The second kappa shape index (κ2) is 9.09. The number of benzene rings is 4. The Kier molecular flexibility index (Phi) is 5.87. The van der Waals surface area contributed by atoms with Crippen LogP contribution in [-0.2, 0) is 4.74 Å². The van der Waals surface area contributed by atoms with Crippen molar-refractivity contribution in [1.29, 1.82) is 0 Å². The summed E-state index contributed by atoms with van der Waals surface area (Å²) in [6.45, 7) is -0.156. The van der Waals surface area contributed by atoms with E-state index in [0.29, 0.717) is 6.42 Å². The highest BCUT2D eigenvalue weighted by atomic mass is 16.5. The van der Waals surface area contributed by atoms with E-state index in [1.807, 2.05) is 18.2 Å². The zero-order valence-corrected chi connectivity index (χ0v) is 17.8. The van der Waals surface area contributed by atoms with Crippen LogP contribution in [0.25, 0.3) is 33.4 Å². The van der Waals surface area contributed by atoms with Crippen molar-refractivity contribution >= 4 is 0 Å². The molecular formula is C29H26O3. The smallest absolute Gasteiger partial charge is 0.107 e. The fourth-order valence-electron chi connectivity index (χ4n) is 4.34. The van der Waals surface area contributed by atoms with E-state index in [4.69, 9.17) is 4.74 Å². The lowest BCUT2D eigenvalue weighted by Gasteiger charge is -2.13. The van der Waals surface area contributed by atoms with Crippen molar-refractivity contribution in [2.45, 2.75) is 24.7 Å². The quantitative estimate of drug-likeness (QED) is 0.423. The molecule has 1 aliphatic rings. The van der Waals surface area contributed by atoms with Crippen LogP contribution >= 0.6 is 0 Å². The summed E-state index contributed by atoms with van der Waals surface area (Å²) < 4.78 is 5.76. The van der Waals surface area contributed by atoms with Gasteiger partial charge in [0.15, 0.2) is 0 Å². The monoisotopic (exact) mass is 422 g/mol. The van der Waals surface area contributed by atoms with E-state index in [-0.39, 0.29) is 12.7 Å². The van der Waals surface area contributed by atoms with Crippen molar-refractivity contribution in [1.82, 2.24) is 0 Å². The first kappa shape index (κ1) is 20.7. The zero-order chi connectivity index (χ0) is 21.9. The molecular weight excluding hydrogens is 396 g/mol. The Labute approximate surface area is 188 Å². The first-order valence-corrected chi connectivity index (χ1v) is 11.0. The van der Waals surface area contributed by atoms with Gasteiger partial charge >= 0.3 is 0 Å². The third-order valence-corrected chi connectivity index (χ3v) is 6.23. The van der Waals surface area contributed by atoms with Gasteiger partial charge in [0, 0.05) is 6.42 Å². The van der Waals surface area contributed by atoms with Crippen LogP contribution in [0.2, 0.25) is 0 Å². The average Bonchev–Trinajstić information content (AvgIpc) is 3.25. The molecule has 0 radical (unpaired) electrons. The Morgan fingerprint density at radius 1 is 0.594 bits per heavy atom. The number of hydrogen-bond acceptors (Lipinski definition) is 3. The van der Waals surface area contributed by atoms with Gasteiger partial charge in [-0.2, -0.15) is 0 Å². The molecule has 0 spiro atoms. The Morgan fingerprint density at radius 2 is 1.00 bits per heavy atom. The SMILES string of the molecule is OC[C@H]1OC(c2ccc(-c3ccc(-c4ccc(-c5ccccc5)cc4)cc3)cc2)CC1O. The highest BCUT2D eigenvalue weighted by Crippen LogP contribution is 2.34. The Balaban J connectivity index is 1.30. The summed E-state index contributed by atoms with van der Waals surface area (Å²) in [6, 6.07) is 35.9. The highest BCUT2D eigenvalue weighted by Gasteiger charge is 2.34. The maximum atomic E-state index is 9.96. The molecule has 3 nitrogen and oxygen atoms in total. The summed E-state index contributed by atoms with van der Waals surface area (Å²) in [6.07, 6.45) is -0.757. The molecule has 1 heterocycles. The van der Waals surface area contributed by atoms with Gasteiger partial charge in [-0.3, -0.25) is 0 Å². The van der Waals surface area contributed by atoms with Gasteiger partial charge in [0.05, 0.1) is 18.8 Å². The van der Waals surface area contributed by atoms with Crippen LogP contribution in [0.1, 0.15) is 18.1 Å². The van der Waals surface area contributed by atoms with Crippen molar-refractivity contribution in [2.24, 2.45) is 0 Å². The second-order valence-electron chi connectivity index (χ2n) is 8.29. The Morgan fingerprint density at radius 3 is 1.41 bits per heavy atom. The molecule has 3 heteroatoms. The molecule has 32 heavy (non-hydrogen) atoms. The van der Waals surface area contributed by atoms with E-state index in [2.05, 4.69) is 84.9 Å². The molecule has 0 aromatic heterocycles. The lowest BCUT2D eigenvalue weighted by molar-refractivity contribution is -0.0225. The fourth-order valence-corrected chi connectivity index (χ4v) is 4.34. The molecule has 1 saturated heterocycles. The largest absolute Gasteiger partial charge is 0.394 e. The Bertz CT molecular complexity index is 1150. The van der Waals surface area contributed by atoms with Gasteiger partial charge in [0.2, 0.25) is 0 Å². The number of rotatable bonds is 5. The van der Waals surface area contributed by atoms with Gasteiger partial charge < -0.3 is 14.9 Å². The van der Waals surface area contributed by atoms with Crippen LogP contribution in [0.3, 0.4) is 0 Å². The van der Waals surface area contributed by atoms with Gasteiger partial charge in [-0.05, 0) is 38.9 Å². The van der Waals surface area contributed by atoms with Crippen LogP contribution in [0.5, 0.6) is 0 Å². The van der Waals surface area contributed by atoms with Crippen LogP contribution < -0.4 is 0 Å². The average molecular weight is 423 g/mol. The van der Waals surface area contributed by atoms with Crippen LogP contribution in [0, 0.1) is 0 Å². The molecule has 5 rings (SSSR count). The van der Waals surface area contributed by atoms with Gasteiger partial charge in [-0.25, -0.2) is 0 Å². The maximum absolute atomic E-state index is 9.96. The van der Waals surface area contributed by atoms with Crippen molar-refractivity contribution in [3.63, 3.8) is 0 Å². The molecule has 0 aliphatic carbocycles. The molecule has 160 valence electrons. The molecule has 0 saturated carbocycles. The van der Waals surface area contributed by atoms with Crippen molar-refractivity contribution in [2.75, 3.05) is 6.61 Å². The molecule has 1 fully saturated rings. The zero-order valence-electron chi connectivity index (χ0n) is 17.8. The van der Waals surface area contributed by atoms with Gasteiger partial charge in [-0.15, -0.1) is 0 Å². The highest BCUT2D eigenvalue weighted by molar-refractivity contribution is 5.73. The maximum Gasteiger partial charge on any atom is 0.107 e. The summed E-state index contributed by atoms with van der Waals surface area (Å²) in [5.41, 5.74) is 8.14. The van der Waals surface area contributed by atoms with Crippen molar-refractivity contribution < 1.29 is 14.9 Å². The second-order valence-corrected chi connectivity index (χ2v) is 8.29. The van der Waals surface area contributed by atoms with Gasteiger partial charge in [0.25, 0.3) is 0 Å². The molecule has 2 N–H and O–H groups in total. The topological polar surface area (TPSA) is 49.7 Å². The lowest BCUT2D eigenvalue weighted by atomic mass is 9.97. The summed E-state index contributed by atoms with van der Waals surface area (Å²) in [4.78, 5) is 0. The third kappa shape index (κ3) is 4.23. The molecule has 4 aromatic carbocycles. The summed E-state index contributed by atoms with van der Waals surface area (Å²) in [5, 5.41) is 19.2. The van der Waals surface area contributed by atoms with Gasteiger partial charge in [-0.1, -0.05) is 103 Å². The minimum atomic E-state index is -0.612. The predicted molar refractivity (Wildman–Crippen MR) is 128 cm³/mol. The minimum absolute atomic E-state index is 0.156. The molecule has 3 atom stereocenters. The molecule has 0 amide bonds. The third-order valence-electron chi connectivity index (χ3n) is 6.23. The van der Waals surface area contributed by atoms with Crippen LogP contribution in [0.15, 0.2) is 103 Å². The summed E-state index contributed by atoms with van der Waals surface area (Å²) >= 11 is 0. The molecule has 2 unspecified atom stereocenters. The van der Waals surface area contributed by atoms with Crippen LogP contribution in [-0.4, -0.2) is 29.0 Å². The van der Waals surface area contributed by atoms with Gasteiger partial charge in [0.1, 0.15) is 6.10 Å². The summed E-state index contributed by atoms with van der Waals surface area (Å²) in [5.74, 6) is 0. The van der Waals surface area contributed by atoms with E-state index >= 15 is 0 Å². The normalized spacial score (nSPS) is 20.4. The van der Waals surface area contributed by atoms with Crippen molar-refractivity contribution in [3.8, 4) is 33.4 Å². The van der Waals surface area contributed by atoms with Crippen molar-refractivity contribution in [3.05, 3.63) is 109 Å². The van der Waals surface area contributed by atoms with E-state index in [9.17, 15) is 10.2 Å². The van der Waals surface area contributed by atoms with E-state index in [1.54, 1.807) is 0 Å². The first-order valence-electron chi connectivity index (χ1n) is 11.0. The number of aliphatic hydroxyl groups is 2. The Hall–Kier alpha value is -3.24. The number of ether oxygens (including phenoxy) is 1.